The molecule has 1 rings (SSSR count). The van der Waals surface area contributed by atoms with Crippen LogP contribution in [0.4, 0.5) is 5.69 Å². The molecule has 0 saturated carbocycles. The number of nitrogens with zero attached hydrogens (tertiary/aromatic N) is 1. The molecule has 0 aromatic heterocycles. The van der Waals surface area contributed by atoms with Gasteiger partial charge in [-0.1, -0.05) is 18.2 Å². The number of phosphoric ester groups is 1. The Labute approximate surface area is 131 Å². The molecule has 1 unspecified atom stereocenters. The number of carbonyl (C=O) groups excluding carboxylic acids is 1. The summed E-state index contributed by atoms with van der Waals surface area (Å²) >= 11 is 0. The molecule has 0 aliphatic carbocycles. The summed E-state index contributed by atoms with van der Waals surface area (Å²) in [6.07, 6.45) is 3.14. The van der Waals surface area contributed by atoms with Crippen molar-refractivity contribution >= 4 is 25.4 Å². The van der Waals surface area contributed by atoms with Gasteiger partial charge in [0.15, 0.2) is 5.78 Å². The van der Waals surface area contributed by atoms with Gasteiger partial charge in [0.25, 0.3) is 0 Å². The first kappa shape index (κ1) is 18.6. The van der Waals surface area contributed by atoms with Crippen LogP contribution in [0, 0.1) is 0 Å². The van der Waals surface area contributed by atoms with E-state index in [2.05, 4.69) is 9.05 Å². The van der Waals surface area contributed by atoms with Crippen LogP contribution in [0.25, 0.3) is 6.08 Å². The lowest BCUT2D eigenvalue weighted by atomic mass is 10.1. The van der Waals surface area contributed by atoms with Crippen molar-refractivity contribution in [3.63, 3.8) is 0 Å². The number of hydrogen-bond donors (Lipinski definition) is 1. The van der Waals surface area contributed by atoms with E-state index in [4.69, 9.17) is 0 Å². The molecule has 1 aromatic carbocycles. The van der Waals surface area contributed by atoms with E-state index in [1.54, 1.807) is 13.0 Å². The van der Waals surface area contributed by atoms with Crippen molar-refractivity contribution in [2.45, 2.75) is 13.3 Å². The molecule has 0 spiro atoms. The summed E-state index contributed by atoms with van der Waals surface area (Å²) in [5, 5.41) is 0. The molecule has 0 heterocycles. The van der Waals surface area contributed by atoms with Crippen molar-refractivity contribution in [3.05, 3.63) is 35.9 Å². The van der Waals surface area contributed by atoms with Crippen molar-refractivity contribution in [2.75, 3.05) is 32.2 Å². The minimum Gasteiger partial charge on any atom is -0.378 e. The number of allylic oxidation sites excluding steroid dienone is 1. The molecule has 0 aliphatic heterocycles. The van der Waals surface area contributed by atoms with E-state index < -0.39 is 7.82 Å². The van der Waals surface area contributed by atoms with Crippen molar-refractivity contribution in [3.8, 4) is 0 Å². The number of benzene rings is 1. The number of anilines is 1. The van der Waals surface area contributed by atoms with E-state index >= 15 is 0 Å². The second-order valence-corrected chi connectivity index (χ2v) is 6.21. The van der Waals surface area contributed by atoms with Crippen LogP contribution in [0.2, 0.25) is 0 Å². The van der Waals surface area contributed by atoms with Crippen LogP contribution in [0.3, 0.4) is 0 Å². The number of rotatable bonds is 9. The van der Waals surface area contributed by atoms with Gasteiger partial charge in [-0.3, -0.25) is 13.8 Å². The van der Waals surface area contributed by atoms with Crippen LogP contribution in [0.1, 0.15) is 18.9 Å². The van der Waals surface area contributed by atoms with Gasteiger partial charge in [0.1, 0.15) is 0 Å². The molecule has 0 saturated heterocycles. The first-order valence-electron chi connectivity index (χ1n) is 6.94. The van der Waals surface area contributed by atoms with E-state index in [0.29, 0.717) is 0 Å². The zero-order chi connectivity index (χ0) is 16.6. The quantitative estimate of drug-likeness (QED) is 0.555. The maximum atomic E-state index is 11.6. The lowest BCUT2D eigenvalue weighted by molar-refractivity contribution is -0.115. The molecular weight excluding hydrogens is 305 g/mol. The Bertz CT molecular complexity index is 554. The largest absolute Gasteiger partial charge is 0.472 e. The van der Waals surface area contributed by atoms with E-state index in [1.807, 2.05) is 43.3 Å². The fourth-order valence-corrected chi connectivity index (χ4v) is 2.34. The normalized spacial score (nSPS) is 14.0. The monoisotopic (exact) mass is 327 g/mol. The molecule has 0 fully saturated rings. The van der Waals surface area contributed by atoms with Gasteiger partial charge in [-0.25, -0.2) is 4.57 Å². The predicted octanol–water partition coefficient (Wildman–Crippen LogP) is 2.88. The van der Waals surface area contributed by atoms with Gasteiger partial charge < -0.3 is 9.79 Å². The number of ketones is 1. The number of hydrogen-bond acceptors (Lipinski definition) is 5. The number of phosphoric acid groups is 1. The molecule has 6 nitrogen and oxygen atoms in total. The molecule has 7 heteroatoms. The van der Waals surface area contributed by atoms with Gasteiger partial charge in [-0.2, -0.15) is 0 Å². The minimum atomic E-state index is -4.02. The summed E-state index contributed by atoms with van der Waals surface area (Å²) in [7, 11) is -0.112. The second-order valence-electron chi connectivity index (χ2n) is 4.76. The summed E-state index contributed by atoms with van der Waals surface area (Å²) in [4.78, 5) is 22.8. The number of carbonyl (C=O) groups is 1. The standard InChI is InChI=1S/C15H22NO5P/c1-4-20-22(18,19)21-12-11-15(17)10-7-13-5-8-14(9-6-13)16(2)3/h5-10H,4,11-12H2,1-3H3,(H,18,19)/b10-7+. The van der Waals surface area contributed by atoms with Gasteiger partial charge in [-0.15, -0.1) is 0 Å². The molecule has 22 heavy (non-hydrogen) atoms. The highest BCUT2D eigenvalue weighted by atomic mass is 31.2. The van der Waals surface area contributed by atoms with E-state index in [0.717, 1.165) is 11.3 Å². The molecule has 1 aromatic rings. The summed E-state index contributed by atoms with van der Waals surface area (Å²) in [6.45, 7) is 1.50. The Morgan fingerprint density at radius 3 is 2.45 bits per heavy atom. The fraction of sp³-hybridized carbons (Fsp3) is 0.400. The maximum absolute atomic E-state index is 11.6. The van der Waals surface area contributed by atoms with Crippen molar-refractivity contribution in [2.24, 2.45) is 0 Å². The zero-order valence-corrected chi connectivity index (χ0v) is 14.0. The van der Waals surface area contributed by atoms with E-state index in [9.17, 15) is 14.3 Å². The Balaban J connectivity index is 2.43. The van der Waals surface area contributed by atoms with Gasteiger partial charge in [0.2, 0.25) is 0 Å². The highest BCUT2D eigenvalue weighted by molar-refractivity contribution is 7.47. The average molecular weight is 327 g/mol. The Kier molecular flexibility index (Phi) is 7.48. The summed E-state index contributed by atoms with van der Waals surface area (Å²) in [5.74, 6) is -0.187. The summed E-state index contributed by atoms with van der Waals surface area (Å²) < 4.78 is 20.4. The average Bonchev–Trinajstić information content (AvgIpc) is 2.45. The highest BCUT2D eigenvalue weighted by Gasteiger charge is 2.19. The third-order valence-electron chi connectivity index (χ3n) is 2.77. The molecule has 1 atom stereocenters. The summed E-state index contributed by atoms with van der Waals surface area (Å²) in [6, 6.07) is 7.73. The van der Waals surface area contributed by atoms with Crippen LogP contribution < -0.4 is 4.90 Å². The van der Waals surface area contributed by atoms with Crippen molar-refractivity contribution < 1.29 is 23.3 Å². The van der Waals surface area contributed by atoms with Crippen molar-refractivity contribution in [1.82, 2.24) is 0 Å². The zero-order valence-electron chi connectivity index (χ0n) is 13.1. The molecule has 0 aliphatic rings. The van der Waals surface area contributed by atoms with E-state index in [-0.39, 0.29) is 25.4 Å². The first-order valence-corrected chi connectivity index (χ1v) is 8.44. The minimum absolute atomic E-state index is 0.0178. The fourth-order valence-electron chi connectivity index (χ4n) is 1.62. The summed E-state index contributed by atoms with van der Waals surface area (Å²) in [5.41, 5.74) is 1.98. The third-order valence-corrected chi connectivity index (χ3v) is 3.86. The van der Waals surface area contributed by atoms with Crippen LogP contribution >= 0.6 is 7.82 Å². The van der Waals surface area contributed by atoms with Crippen LogP contribution in [-0.4, -0.2) is 38.0 Å². The van der Waals surface area contributed by atoms with Gasteiger partial charge in [-0.05, 0) is 30.7 Å². The lowest BCUT2D eigenvalue weighted by Crippen LogP contribution is -2.07. The Morgan fingerprint density at radius 1 is 1.27 bits per heavy atom. The Hall–Kier alpha value is -1.46. The Morgan fingerprint density at radius 2 is 1.91 bits per heavy atom. The van der Waals surface area contributed by atoms with Crippen LogP contribution in [0.15, 0.2) is 30.3 Å². The van der Waals surface area contributed by atoms with Gasteiger partial charge in [0.05, 0.1) is 13.2 Å². The first-order chi connectivity index (χ1) is 10.3. The molecule has 0 amide bonds. The predicted molar refractivity (Wildman–Crippen MR) is 86.8 cm³/mol. The lowest BCUT2D eigenvalue weighted by Gasteiger charge is -2.11. The maximum Gasteiger partial charge on any atom is 0.472 e. The van der Waals surface area contributed by atoms with Gasteiger partial charge >= 0.3 is 7.82 Å². The van der Waals surface area contributed by atoms with Crippen LogP contribution in [0.5, 0.6) is 0 Å². The second kappa shape index (κ2) is 8.86. The van der Waals surface area contributed by atoms with Crippen LogP contribution in [-0.2, 0) is 18.4 Å². The molecule has 0 radical (unpaired) electrons. The SMILES string of the molecule is CCOP(=O)(O)OCCC(=O)/C=C/c1ccc(N(C)C)cc1. The molecular formula is C15H22NO5P. The third kappa shape index (κ3) is 7.00. The van der Waals surface area contributed by atoms with E-state index in [1.165, 1.54) is 6.08 Å². The molecule has 1 N–H and O–H groups in total. The smallest absolute Gasteiger partial charge is 0.378 e. The molecule has 122 valence electrons. The van der Waals surface area contributed by atoms with Crippen molar-refractivity contribution in [1.29, 1.82) is 0 Å². The van der Waals surface area contributed by atoms with Gasteiger partial charge in [0, 0.05) is 26.2 Å². The molecule has 0 bridgehead atoms. The highest BCUT2D eigenvalue weighted by Crippen LogP contribution is 2.42. The topological polar surface area (TPSA) is 76.1 Å².